The average Bonchev–Trinajstić information content (AvgIpc) is 1.55. The van der Waals surface area contributed by atoms with Crippen LogP contribution in [0.1, 0.15) is 87.3 Å². The molecule has 23 rings (SSSR count). The van der Waals surface area contributed by atoms with Crippen molar-refractivity contribution in [2.24, 2.45) is 0 Å². The average molecular weight is 1840 g/mol. The zero-order chi connectivity index (χ0) is 91.4. The number of fused-ring (bicyclic) bond motifs is 5. The lowest BCUT2D eigenvalue weighted by molar-refractivity contribution is 0.122. The van der Waals surface area contributed by atoms with Gasteiger partial charge in [0.05, 0.1) is 79.5 Å². The van der Waals surface area contributed by atoms with E-state index in [1.165, 1.54) is 71.5 Å². The largest absolute Gasteiger partial charge is 0.488 e. The van der Waals surface area contributed by atoms with E-state index in [-0.39, 0.29) is 6.10 Å². The first-order chi connectivity index (χ1) is 67.2. The molecule has 136 heavy (non-hydrogen) atoms. The Morgan fingerprint density at radius 1 is 0.331 bits per heavy atom. The summed E-state index contributed by atoms with van der Waals surface area (Å²) in [6.07, 6.45) is 11.9. The highest BCUT2D eigenvalue weighted by molar-refractivity contribution is 5.86. The van der Waals surface area contributed by atoms with E-state index in [0.717, 1.165) is 281 Å². The quantitative estimate of drug-likeness (QED) is 0.0239. The summed E-state index contributed by atoms with van der Waals surface area (Å²) >= 11 is 0. The van der Waals surface area contributed by atoms with Gasteiger partial charge in [-0.15, -0.1) is 0 Å². The number of hydrogen-bond donors (Lipinski definition) is 16. The van der Waals surface area contributed by atoms with Gasteiger partial charge in [-0.3, -0.25) is 4.90 Å². The maximum Gasteiger partial charge on any atom is 0.231 e. The van der Waals surface area contributed by atoms with E-state index >= 15 is 0 Å². The van der Waals surface area contributed by atoms with E-state index in [2.05, 4.69) is 311 Å². The Hall–Kier alpha value is -13.6. The van der Waals surface area contributed by atoms with Crippen molar-refractivity contribution in [2.45, 2.75) is 101 Å². The number of rotatable bonds is 26. The number of para-hydroxylation sites is 1. The molecule has 6 saturated heterocycles. The van der Waals surface area contributed by atoms with Gasteiger partial charge in [0.2, 0.25) is 23.8 Å². The Bertz CT molecular complexity index is 5620. The molecule has 1 saturated carbocycles. The van der Waals surface area contributed by atoms with E-state index in [4.69, 9.17) is 48.6 Å². The fraction of sp³-hybridized carbons (Fsp3) is 0.426. The second kappa shape index (κ2) is 44.3. The molecule has 4 aromatic heterocycles. The molecule has 0 amide bonds. The van der Waals surface area contributed by atoms with Crippen LogP contribution in [0.4, 0.5) is 139 Å². The van der Waals surface area contributed by atoms with Gasteiger partial charge in [0.1, 0.15) is 34.6 Å². The predicted molar refractivity (Wildman–Crippen MR) is 548 cm³/mol. The zero-order valence-electron chi connectivity index (χ0n) is 77.7. The van der Waals surface area contributed by atoms with Crippen LogP contribution in [0, 0.1) is 0 Å². The highest BCUT2D eigenvalue weighted by Gasteiger charge is 2.33. The normalized spacial score (nSPS) is 18.5. The van der Waals surface area contributed by atoms with Crippen molar-refractivity contribution in [3.05, 3.63) is 199 Å². The molecule has 7 aromatic carbocycles. The summed E-state index contributed by atoms with van der Waals surface area (Å²) < 4.78 is 28.0. The third kappa shape index (κ3) is 23.1. The Kier molecular flexibility index (Phi) is 29.4. The topological polar surface area (TPSA) is 361 Å². The van der Waals surface area contributed by atoms with Crippen molar-refractivity contribution in [3.63, 3.8) is 0 Å². The van der Waals surface area contributed by atoms with Crippen LogP contribution in [0.15, 0.2) is 182 Å². The molecule has 35 heteroatoms. The van der Waals surface area contributed by atoms with Gasteiger partial charge >= 0.3 is 0 Å². The number of piperidine rings is 2. The Labute approximate surface area is 795 Å². The van der Waals surface area contributed by atoms with Gasteiger partial charge in [0, 0.05) is 174 Å². The summed E-state index contributed by atoms with van der Waals surface area (Å²) in [5, 5.41) is 54.5. The fourth-order valence-corrected chi connectivity index (χ4v) is 19.6. The molecule has 0 radical (unpaired) electrons. The molecule has 16 N–H and O–H groups in total. The van der Waals surface area contributed by atoms with Crippen molar-refractivity contribution in [1.82, 2.24) is 49.7 Å². The first-order valence-electron chi connectivity index (χ1n) is 48.9. The zero-order valence-corrected chi connectivity index (χ0v) is 77.7. The minimum atomic E-state index is 0.254. The monoisotopic (exact) mass is 1840 g/mol. The molecule has 15 heterocycles. The third-order valence-corrected chi connectivity index (χ3v) is 26.9. The number of aromatic nitrogens is 8. The van der Waals surface area contributed by atoms with E-state index in [9.17, 15) is 0 Å². The SMILES string of the molecule is CCNc1nc(Nc2ccc(N3CCOCC3)cc2)nc2c1NCN2.c1cc(N2CCOCC2)ccc1Nc1nc2c(c(NC3CCCCC3)n1)NCN2.c1ccc(C(CN2CCC(Nc3nc(Nc4ccc(N5CCOCC5)cc4)nc4c3NCN4)CC2)c2ccccc2)cc1.c1ccc2c(c1)CC(CN1CCC(Nc3nc(Nc4ccc(N5CCOCC5)cc4)nc4c3NCN4)CC1)O2. The summed E-state index contributed by atoms with van der Waals surface area (Å²) in [7, 11) is 0. The van der Waals surface area contributed by atoms with Crippen LogP contribution in [0.5, 0.6) is 5.75 Å². The maximum atomic E-state index is 6.18. The van der Waals surface area contributed by atoms with Gasteiger partial charge in [-0.25, -0.2) is 0 Å². The number of morpholine rings is 4. The smallest absolute Gasteiger partial charge is 0.231 e. The highest BCUT2D eigenvalue weighted by atomic mass is 16.5. The molecule has 1 unspecified atom stereocenters. The first kappa shape index (κ1) is 90.2. The number of nitrogens with one attached hydrogen (secondary N) is 16. The molecule has 0 spiro atoms. The Morgan fingerprint density at radius 2 is 0.654 bits per heavy atom. The summed E-state index contributed by atoms with van der Waals surface area (Å²) in [6.45, 7) is 25.4. The van der Waals surface area contributed by atoms with Crippen molar-refractivity contribution in [3.8, 4) is 5.75 Å². The molecule has 1 atom stereocenters. The third-order valence-electron chi connectivity index (χ3n) is 26.9. The Morgan fingerprint density at radius 3 is 1.01 bits per heavy atom. The maximum absolute atomic E-state index is 6.18. The lowest BCUT2D eigenvalue weighted by Crippen LogP contribution is -2.43. The van der Waals surface area contributed by atoms with Crippen LogP contribution in [-0.2, 0) is 25.4 Å². The standard InChI is InChI=1S/C34H40N8O.C29H36N8O2.C21H29N7O.C17H23N7O/c1-3-7-25(8-4-1)30(26-9-5-2-6-10-26)23-41-17-15-28(16-18-41)37-33-31-32(36-24-35-31)39-34(40-33)38-27-11-13-29(14-12-27)42-19-21-43-22-20-42;1-2-4-25-20(3-1)17-24(39-25)18-36-11-9-22(10-12-36)32-28-26-27(31-19-30-26)34-29(35-28)33-21-5-7-23(8-6-21)37-13-15-38-16-14-37;1-2-4-15(5-3-1)24-20-18-19(23-14-22-18)26-21(27-20)25-16-6-8-17(9-7-16)28-10-12-29-13-11-28;1-2-18-15-14-16(20-11-19-14)23-17(22-15)21-12-3-5-13(6-4-12)24-7-9-25-10-8-24/h1-14,28,30,35H,15-24H2,(H3,36,37,38,39,40);1-8,22,24,30H,9-19H2,(H3,31,32,33,34,35);6-9,15,22H,1-5,10-14H2,(H3,23,24,25,26,27);3-6,19H,2,7-11H2,1H3,(H3,18,20,21,22,23). The van der Waals surface area contributed by atoms with Gasteiger partial charge in [0.15, 0.2) is 46.5 Å². The van der Waals surface area contributed by atoms with E-state index in [1.807, 2.05) is 6.92 Å². The molecule has 11 aliphatic heterocycles. The molecule has 1 aliphatic carbocycles. The Balaban J connectivity index is 0.000000115. The van der Waals surface area contributed by atoms with E-state index < -0.39 is 0 Å². The summed E-state index contributed by atoms with van der Waals surface area (Å²) in [5.74, 6) is 10.5. The van der Waals surface area contributed by atoms with E-state index in [0.29, 0.717) is 74.5 Å². The van der Waals surface area contributed by atoms with Crippen LogP contribution in [0.2, 0.25) is 0 Å². The molecular formula is C101H128N30O5. The lowest BCUT2D eigenvalue weighted by Gasteiger charge is -2.35. The van der Waals surface area contributed by atoms with E-state index in [1.54, 1.807) is 0 Å². The van der Waals surface area contributed by atoms with Crippen molar-refractivity contribution in [1.29, 1.82) is 0 Å². The van der Waals surface area contributed by atoms with Crippen LogP contribution in [0.25, 0.3) is 0 Å². The van der Waals surface area contributed by atoms with Gasteiger partial charge in [-0.2, -0.15) is 39.9 Å². The molecule has 12 aliphatic rings. The number of anilines is 24. The number of benzene rings is 7. The minimum Gasteiger partial charge on any atom is -0.488 e. The fourth-order valence-electron chi connectivity index (χ4n) is 19.6. The predicted octanol–water partition coefficient (Wildman–Crippen LogP) is 15.2. The molecule has 35 nitrogen and oxygen atoms in total. The summed E-state index contributed by atoms with van der Waals surface area (Å²) in [6, 6.07) is 65.2. The second-order valence-corrected chi connectivity index (χ2v) is 36.1. The highest BCUT2D eigenvalue weighted by Crippen LogP contribution is 2.41. The summed E-state index contributed by atoms with van der Waals surface area (Å²) in [4.78, 5) is 52.3. The molecular weight excluding hydrogens is 1710 g/mol. The number of hydrogen-bond acceptors (Lipinski definition) is 35. The molecule has 712 valence electrons. The molecule has 7 fully saturated rings. The minimum absolute atomic E-state index is 0.254. The summed E-state index contributed by atoms with van der Waals surface area (Å²) in [5.41, 5.74) is 16.6. The van der Waals surface area contributed by atoms with Crippen LogP contribution >= 0.6 is 0 Å². The van der Waals surface area contributed by atoms with Crippen LogP contribution < -0.4 is 109 Å². The van der Waals surface area contributed by atoms with Crippen molar-refractivity contribution >= 4 is 139 Å². The number of likely N-dealkylation sites (tertiary alicyclic amines) is 2. The van der Waals surface area contributed by atoms with Gasteiger partial charge in [0.25, 0.3) is 0 Å². The van der Waals surface area contributed by atoms with Gasteiger partial charge in [-0.05, 0) is 165 Å². The van der Waals surface area contributed by atoms with Crippen LogP contribution in [0.3, 0.4) is 0 Å². The van der Waals surface area contributed by atoms with Gasteiger partial charge < -0.3 is 133 Å². The first-order valence-corrected chi connectivity index (χ1v) is 48.9. The number of ether oxygens (including phenoxy) is 5. The van der Waals surface area contributed by atoms with Crippen LogP contribution in [-0.4, -0.2) is 252 Å². The lowest BCUT2D eigenvalue weighted by atomic mass is 9.90. The second-order valence-electron chi connectivity index (χ2n) is 36.1. The molecule has 0 bridgehead atoms. The number of nitrogens with zero attached hydrogens (tertiary/aromatic N) is 14. The van der Waals surface area contributed by atoms with Crippen molar-refractivity contribution in [2.75, 3.05) is 282 Å². The molecule has 11 aromatic rings. The van der Waals surface area contributed by atoms with Gasteiger partial charge in [-0.1, -0.05) is 98.1 Å². The van der Waals surface area contributed by atoms with Crippen molar-refractivity contribution < 1.29 is 23.7 Å².